The summed E-state index contributed by atoms with van der Waals surface area (Å²) in [5, 5.41) is 6.80. The number of rotatable bonds is 4. The lowest BCUT2D eigenvalue weighted by molar-refractivity contribution is -0.121. The van der Waals surface area contributed by atoms with Crippen molar-refractivity contribution in [3.05, 3.63) is 18.0 Å². The molecule has 0 radical (unpaired) electrons. The largest absolute Gasteiger partial charge is 0.368 e. The molecule has 6 heteroatoms. The second-order valence-electron chi connectivity index (χ2n) is 6.55. The van der Waals surface area contributed by atoms with E-state index >= 15 is 0 Å². The number of primary amides is 1. The lowest BCUT2D eigenvalue weighted by atomic mass is 9.75. The van der Waals surface area contributed by atoms with Gasteiger partial charge in [0.05, 0.1) is 0 Å². The summed E-state index contributed by atoms with van der Waals surface area (Å²) in [6.45, 7) is 0. The van der Waals surface area contributed by atoms with Gasteiger partial charge in [0.15, 0.2) is 0 Å². The third-order valence-electron chi connectivity index (χ3n) is 5.05. The van der Waals surface area contributed by atoms with Crippen LogP contribution in [-0.4, -0.2) is 27.6 Å². The van der Waals surface area contributed by atoms with Crippen molar-refractivity contribution in [2.75, 3.05) is 0 Å². The molecule has 2 saturated carbocycles. The van der Waals surface area contributed by atoms with Gasteiger partial charge < -0.3 is 11.1 Å². The molecule has 1 heterocycles. The highest BCUT2D eigenvalue weighted by Crippen LogP contribution is 2.58. The molecule has 21 heavy (non-hydrogen) atoms. The Hall–Kier alpha value is -1.85. The van der Waals surface area contributed by atoms with Gasteiger partial charge in [0.2, 0.25) is 5.91 Å². The van der Waals surface area contributed by atoms with Gasteiger partial charge in [-0.3, -0.25) is 14.3 Å². The Labute approximate surface area is 124 Å². The van der Waals surface area contributed by atoms with Gasteiger partial charge in [-0.15, -0.1) is 0 Å². The average Bonchev–Trinajstić information content (AvgIpc) is 3.03. The van der Waals surface area contributed by atoms with Crippen molar-refractivity contribution >= 4 is 11.8 Å². The molecule has 1 aromatic heterocycles. The fourth-order valence-corrected chi connectivity index (χ4v) is 3.65. The van der Waals surface area contributed by atoms with E-state index in [9.17, 15) is 9.59 Å². The number of aryl methyl sites for hydroxylation is 1. The van der Waals surface area contributed by atoms with Gasteiger partial charge in [0, 0.05) is 13.2 Å². The maximum absolute atomic E-state index is 12.3. The molecule has 2 amide bonds. The van der Waals surface area contributed by atoms with Gasteiger partial charge in [0.1, 0.15) is 11.7 Å². The van der Waals surface area contributed by atoms with Crippen molar-refractivity contribution in [2.45, 2.75) is 44.6 Å². The van der Waals surface area contributed by atoms with E-state index in [2.05, 4.69) is 10.4 Å². The molecule has 1 spiro atoms. The summed E-state index contributed by atoms with van der Waals surface area (Å²) < 4.78 is 1.50. The van der Waals surface area contributed by atoms with Gasteiger partial charge >= 0.3 is 0 Å². The van der Waals surface area contributed by atoms with Crippen LogP contribution in [0.3, 0.4) is 0 Å². The van der Waals surface area contributed by atoms with Crippen LogP contribution in [0, 0.1) is 11.3 Å². The van der Waals surface area contributed by atoms with Gasteiger partial charge in [-0.1, -0.05) is 6.42 Å². The van der Waals surface area contributed by atoms with Crippen LogP contribution in [0.4, 0.5) is 0 Å². The van der Waals surface area contributed by atoms with Crippen molar-refractivity contribution in [3.63, 3.8) is 0 Å². The Morgan fingerprint density at radius 2 is 2.24 bits per heavy atom. The fourth-order valence-electron chi connectivity index (χ4n) is 3.65. The molecule has 2 aliphatic rings. The quantitative estimate of drug-likeness (QED) is 0.866. The minimum absolute atomic E-state index is 0.163. The van der Waals surface area contributed by atoms with Crippen molar-refractivity contribution < 1.29 is 9.59 Å². The van der Waals surface area contributed by atoms with Crippen LogP contribution in [0.15, 0.2) is 12.3 Å². The second kappa shape index (κ2) is 5.16. The minimum Gasteiger partial charge on any atom is -0.368 e. The van der Waals surface area contributed by atoms with Crippen LogP contribution in [0.1, 0.15) is 49.0 Å². The predicted molar refractivity (Wildman–Crippen MR) is 77.3 cm³/mol. The summed E-state index contributed by atoms with van der Waals surface area (Å²) in [5.41, 5.74) is 6.42. The number of amides is 2. The Kier molecular flexibility index (Phi) is 3.47. The molecule has 3 N–H and O–H groups in total. The summed E-state index contributed by atoms with van der Waals surface area (Å²) in [4.78, 5) is 24.1. The first-order valence-corrected chi connectivity index (χ1v) is 7.59. The summed E-state index contributed by atoms with van der Waals surface area (Å²) in [6.07, 6.45) is 8.41. The van der Waals surface area contributed by atoms with Crippen molar-refractivity contribution in [1.82, 2.24) is 15.1 Å². The highest BCUT2D eigenvalue weighted by atomic mass is 16.2. The van der Waals surface area contributed by atoms with E-state index in [4.69, 9.17) is 5.73 Å². The molecule has 0 saturated heterocycles. The Morgan fingerprint density at radius 3 is 2.81 bits per heavy atom. The number of hydrogen-bond acceptors (Lipinski definition) is 3. The standard InChI is InChI=1S/C15H22N4O2/c1-19-11(4-8-17-19)14(21)18-12(13(16)20)10-3-2-5-15(9-10)6-7-15/h4,8,10,12H,2-3,5-7,9H2,1H3,(H2,16,20)(H,18,21)/t10-,12-/m0/s1. The van der Waals surface area contributed by atoms with Crippen LogP contribution in [0.5, 0.6) is 0 Å². The highest BCUT2D eigenvalue weighted by Gasteiger charge is 2.48. The topological polar surface area (TPSA) is 90.0 Å². The zero-order valence-electron chi connectivity index (χ0n) is 12.3. The second-order valence-corrected chi connectivity index (χ2v) is 6.55. The molecular weight excluding hydrogens is 268 g/mol. The number of carbonyl (C=O) groups is 2. The Bertz CT molecular complexity index is 562. The van der Waals surface area contributed by atoms with Crippen LogP contribution < -0.4 is 11.1 Å². The van der Waals surface area contributed by atoms with Crippen molar-refractivity contribution in [1.29, 1.82) is 0 Å². The predicted octanol–water partition coefficient (Wildman–Crippen LogP) is 0.974. The highest BCUT2D eigenvalue weighted by molar-refractivity contribution is 5.96. The third kappa shape index (κ3) is 2.80. The zero-order valence-corrected chi connectivity index (χ0v) is 12.3. The molecule has 6 nitrogen and oxygen atoms in total. The summed E-state index contributed by atoms with van der Waals surface area (Å²) in [6, 6.07) is 1.06. The molecule has 3 rings (SSSR count). The van der Waals surface area contributed by atoms with Gasteiger partial charge in [0.25, 0.3) is 5.91 Å². The van der Waals surface area contributed by atoms with Crippen LogP contribution in [-0.2, 0) is 11.8 Å². The van der Waals surface area contributed by atoms with E-state index in [0.717, 1.165) is 19.3 Å². The minimum atomic E-state index is -0.579. The average molecular weight is 290 g/mol. The first kappa shape index (κ1) is 14.1. The van der Waals surface area contributed by atoms with Crippen LogP contribution in [0.25, 0.3) is 0 Å². The number of nitrogens with one attached hydrogen (secondary N) is 1. The Morgan fingerprint density at radius 1 is 1.48 bits per heavy atom. The number of nitrogens with zero attached hydrogens (tertiary/aromatic N) is 2. The first-order chi connectivity index (χ1) is 10.0. The SMILES string of the molecule is Cn1nccc1C(=O)N[C@H](C(N)=O)[C@H]1CCCC2(CC2)C1. The van der Waals surface area contributed by atoms with E-state index < -0.39 is 11.9 Å². The van der Waals surface area contributed by atoms with Crippen LogP contribution >= 0.6 is 0 Å². The molecule has 0 aromatic carbocycles. The molecule has 2 atom stereocenters. The van der Waals surface area contributed by atoms with E-state index in [0.29, 0.717) is 11.1 Å². The molecule has 0 aliphatic heterocycles. The van der Waals surface area contributed by atoms with Gasteiger partial charge in [-0.25, -0.2) is 0 Å². The number of carbonyl (C=O) groups excluding carboxylic acids is 2. The number of hydrogen-bond donors (Lipinski definition) is 2. The lowest BCUT2D eigenvalue weighted by Crippen LogP contribution is -2.50. The normalized spacial score (nSPS) is 24.5. The summed E-state index contributed by atoms with van der Waals surface area (Å²) in [5.74, 6) is -0.557. The number of aromatic nitrogens is 2. The molecule has 2 fully saturated rings. The lowest BCUT2D eigenvalue weighted by Gasteiger charge is -2.33. The van der Waals surface area contributed by atoms with E-state index in [1.807, 2.05) is 0 Å². The molecule has 1 aromatic rings. The summed E-state index contributed by atoms with van der Waals surface area (Å²) >= 11 is 0. The zero-order chi connectivity index (χ0) is 15.0. The first-order valence-electron chi connectivity index (χ1n) is 7.59. The third-order valence-corrected chi connectivity index (χ3v) is 5.05. The monoisotopic (exact) mass is 290 g/mol. The molecular formula is C15H22N4O2. The van der Waals surface area contributed by atoms with Gasteiger partial charge in [-0.2, -0.15) is 5.10 Å². The van der Waals surface area contributed by atoms with Crippen molar-refractivity contribution in [2.24, 2.45) is 24.1 Å². The smallest absolute Gasteiger partial charge is 0.270 e. The van der Waals surface area contributed by atoms with E-state index in [-0.39, 0.29) is 11.8 Å². The van der Waals surface area contributed by atoms with Crippen molar-refractivity contribution in [3.8, 4) is 0 Å². The molecule has 114 valence electrons. The molecule has 0 unspecified atom stereocenters. The van der Waals surface area contributed by atoms with Crippen LogP contribution in [0.2, 0.25) is 0 Å². The maximum Gasteiger partial charge on any atom is 0.270 e. The molecule has 2 aliphatic carbocycles. The van der Waals surface area contributed by atoms with E-state index in [1.165, 1.54) is 23.9 Å². The fraction of sp³-hybridized carbons (Fsp3) is 0.667. The molecule has 0 bridgehead atoms. The maximum atomic E-state index is 12.3. The Balaban J connectivity index is 1.71. The van der Waals surface area contributed by atoms with Gasteiger partial charge in [-0.05, 0) is 49.5 Å². The summed E-state index contributed by atoms with van der Waals surface area (Å²) in [7, 11) is 1.70. The number of nitrogens with two attached hydrogens (primary N) is 1. The van der Waals surface area contributed by atoms with E-state index in [1.54, 1.807) is 19.3 Å².